The summed E-state index contributed by atoms with van der Waals surface area (Å²) in [4.78, 5) is 10.8. The second-order valence-electron chi connectivity index (χ2n) is 5.39. The molecule has 1 unspecified atom stereocenters. The normalized spacial score (nSPS) is 23.9. The second kappa shape index (κ2) is 4.82. The molecule has 7 heteroatoms. The first-order valence-electron chi connectivity index (χ1n) is 6.16. The number of carboxylic acid groups (broad SMARTS) is 1. The largest absolute Gasteiger partial charge is 0.481 e. The molecule has 110 valence electrons. The number of aliphatic carboxylic acids is 1. The van der Waals surface area contributed by atoms with E-state index in [0.29, 0.717) is 5.56 Å². The summed E-state index contributed by atoms with van der Waals surface area (Å²) in [5.74, 6) is -1.86. The number of nitrogens with zero attached hydrogens (tertiary/aromatic N) is 1. The minimum absolute atomic E-state index is 0.0819. The van der Waals surface area contributed by atoms with E-state index in [0.717, 1.165) is 10.4 Å². The molecular formula is C13H16FNO4S. The van der Waals surface area contributed by atoms with Gasteiger partial charge in [-0.15, -0.1) is 0 Å². The number of benzene rings is 1. The zero-order valence-corrected chi connectivity index (χ0v) is 12.1. The van der Waals surface area contributed by atoms with E-state index in [2.05, 4.69) is 0 Å². The lowest BCUT2D eigenvalue weighted by Gasteiger charge is -2.20. The van der Waals surface area contributed by atoms with Crippen LogP contribution in [0.5, 0.6) is 0 Å². The highest BCUT2D eigenvalue weighted by Crippen LogP contribution is 2.34. The van der Waals surface area contributed by atoms with Crippen LogP contribution in [0.15, 0.2) is 23.1 Å². The molecule has 0 aromatic heterocycles. The summed E-state index contributed by atoms with van der Waals surface area (Å²) in [6.07, 6.45) is 0.217. The van der Waals surface area contributed by atoms with E-state index in [1.165, 1.54) is 19.1 Å². The molecule has 0 bridgehead atoms. The minimum atomic E-state index is -4.00. The third kappa shape index (κ3) is 2.43. The molecule has 0 spiro atoms. The highest BCUT2D eigenvalue weighted by molar-refractivity contribution is 7.89. The average Bonchev–Trinajstić information content (AvgIpc) is 2.77. The van der Waals surface area contributed by atoms with E-state index >= 15 is 0 Å². The highest BCUT2D eigenvalue weighted by Gasteiger charge is 2.45. The summed E-state index contributed by atoms with van der Waals surface area (Å²) in [6.45, 7) is 3.11. The zero-order valence-electron chi connectivity index (χ0n) is 11.3. The van der Waals surface area contributed by atoms with Crippen LogP contribution in [0, 0.1) is 18.2 Å². The van der Waals surface area contributed by atoms with Crippen LogP contribution < -0.4 is 0 Å². The molecule has 2 rings (SSSR count). The van der Waals surface area contributed by atoms with Crippen LogP contribution in [-0.4, -0.2) is 36.9 Å². The second-order valence-corrected chi connectivity index (χ2v) is 7.29. The van der Waals surface area contributed by atoms with Gasteiger partial charge in [-0.05, 0) is 38.0 Å². The van der Waals surface area contributed by atoms with Gasteiger partial charge in [0.1, 0.15) is 10.7 Å². The number of sulfonamides is 1. The Balaban J connectivity index is 2.38. The fraction of sp³-hybridized carbons (Fsp3) is 0.462. The monoisotopic (exact) mass is 301 g/mol. The van der Waals surface area contributed by atoms with Gasteiger partial charge in [0.05, 0.1) is 5.41 Å². The van der Waals surface area contributed by atoms with Gasteiger partial charge in [0.2, 0.25) is 10.0 Å². The van der Waals surface area contributed by atoms with Crippen LogP contribution in [0.25, 0.3) is 0 Å². The van der Waals surface area contributed by atoms with E-state index in [1.54, 1.807) is 6.92 Å². The molecule has 1 saturated heterocycles. The molecule has 0 saturated carbocycles. The number of carboxylic acids is 1. The van der Waals surface area contributed by atoms with Gasteiger partial charge in [0, 0.05) is 13.1 Å². The Morgan fingerprint density at radius 3 is 2.65 bits per heavy atom. The molecule has 5 nitrogen and oxygen atoms in total. The van der Waals surface area contributed by atoms with Crippen LogP contribution >= 0.6 is 0 Å². The van der Waals surface area contributed by atoms with Crippen molar-refractivity contribution in [1.82, 2.24) is 4.31 Å². The van der Waals surface area contributed by atoms with Crippen molar-refractivity contribution in [2.45, 2.75) is 25.2 Å². The maximum atomic E-state index is 13.7. The number of carbonyl (C=O) groups is 1. The zero-order chi connectivity index (χ0) is 15.1. The van der Waals surface area contributed by atoms with Crippen molar-refractivity contribution in [2.75, 3.05) is 13.1 Å². The summed E-state index contributed by atoms with van der Waals surface area (Å²) in [5, 5.41) is 9.13. The lowest BCUT2D eigenvalue weighted by molar-refractivity contribution is -0.146. The maximum absolute atomic E-state index is 13.7. The van der Waals surface area contributed by atoms with Gasteiger partial charge in [0.15, 0.2) is 0 Å². The van der Waals surface area contributed by atoms with E-state index in [1.807, 2.05) is 0 Å². The van der Waals surface area contributed by atoms with Crippen molar-refractivity contribution in [3.63, 3.8) is 0 Å². The van der Waals surface area contributed by atoms with Gasteiger partial charge in [0.25, 0.3) is 0 Å². The molecule has 0 radical (unpaired) electrons. The summed E-state index contributed by atoms with van der Waals surface area (Å²) < 4.78 is 39.6. The van der Waals surface area contributed by atoms with Crippen LogP contribution in [0.1, 0.15) is 18.9 Å². The van der Waals surface area contributed by atoms with Gasteiger partial charge in [-0.2, -0.15) is 4.31 Å². The molecule has 1 fully saturated rings. The molecule has 1 aliphatic rings. The van der Waals surface area contributed by atoms with Crippen LogP contribution in [-0.2, 0) is 14.8 Å². The topological polar surface area (TPSA) is 74.7 Å². The maximum Gasteiger partial charge on any atom is 0.310 e. The molecule has 0 amide bonds. The number of hydrogen-bond donors (Lipinski definition) is 1. The molecule has 1 heterocycles. The third-order valence-electron chi connectivity index (χ3n) is 3.66. The van der Waals surface area contributed by atoms with Crippen LogP contribution in [0.2, 0.25) is 0 Å². The molecule has 1 atom stereocenters. The molecule has 1 N–H and O–H groups in total. The minimum Gasteiger partial charge on any atom is -0.481 e. The first-order valence-corrected chi connectivity index (χ1v) is 7.60. The Bertz CT molecular complexity index is 658. The fourth-order valence-corrected chi connectivity index (χ4v) is 3.96. The molecule has 1 aromatic carbocycles. The van der Waals surface area contributed by atoms with Crippen molar-refractivity contribution in [3.8, 4) is 0 Å². The SMILES string of the molecule is Cc1ccc(F)c(S(=O)(=O)N2CCC(C)(C(=O)O)C2)c1. The lowest BCUT2D eigenvalue weighted by atomic mass is 9.90. The number of rotatable bonds is 3. The fourth-order valence-electron chi connectivity index (χ4n) is 2.25. The van der Waals surface area contributed by atoms with Crippen molar-refractivity contribution < 1.29 is 22.7 Å². The third-order valence-corrected chi connectivity index (χ3v) is 5.52. The molecule has 0 aliphatic carbocycles. The average molecular weight is 301 g/mol. The van der Waals surface area contributed by atoms with Crippen molar-refractivity contribution in [2.24, 2.45) is 5.41 Å². The van der Waals surface area contributed by atoms with Crippen LogP contribution in [0.4, 0.5) is 4.39 Å². The molecule has 1 aliphatic heterocycles. The Morgan fingerprint density at radius 2 is 2.10 bits per heavy atom. The summed E-state index contributed by atoms with van der Waals surface area (Å²) >= 11 is 0. The van der Waals surface area contributed by atoms with E-state index in [4.69, 9.17) is 5.11 Å². The van der Waals surface area contributed by atoms with Crippen LogP contribution in [0.3, 0.4) is 0 Å². The standard InChI is InChI=1S/C13H16FNO4S/c1-9-3-4-10(14)11(7-9)20(18,19)15-6-5-13(2,8-15)12(16)17/h3-4,7H,5-6,8H2,1-2H3,(H,16,17). The molecular weight excluding hydrogens is 285 g/mol. The first kappa shape index (κ1) is 14.9. The van der Waals surface area contributed by atoms with Gasteiger partial charge >= 0.3 is 5.97 Å². The Morgan fingerprint density at radius 1 is 1.45 bits per heavy atom. The predicted molar refractivity (Wildman–Crippen MR) is 70.3 cm³/mol. The Kier molecular flexibility index (Phi) is 3.60. The van der Waals surface area contributed by atoms with Crippen molar-refractivity contribution in [1.29, 1.82) is 0 Å². The number of hydrogen-bond acceptors (Lipinski definition) is 3. The summed E-state index contributed by atoms with van der Waals surface area (Å²) in [7, 11) is -4.00. The van der Waals surface area contributed by atoms with Crippen molar-refractivity contribution >= 4 is 16.0 Å². The van der Waals surface area contributed by atoms with Gasteiger partial charge < -0.3 is 5.11 Å². The quantitative estimate of drug-likeness (QED) is 0.920. The number of halogens is 1. The van der Waals surface area contributed by atoms with E-state index in [-0.39, 0.29) is 19.5 Å². The van der Waals surface area contributed by atoms with E-state index < -0.39 is 32.1 Å². The van der Waals surface area contributed by atoms with Gasteiger partial charge in [-0.1, -0.05) is 6.07 Å². The summed E-state index contributed by atoms with van der Waals surface area (Å²) in [6, 6.07) is 3.86. The number of aryl methyl sites for hydroxylation is 1. The first-order chi connectivity index (χ1) is 9.17. The Labute approximate surface area is 117 Å². The van der Waals surface area contributed by atoms with E-state index in [9.17, 15) is 17.6 Å². The highest BCUT2D eigenvalue weighted by atomic mass is 32.2. The predicted octanol–water partition coefficient (Wildman–Crippen LogP) is 1.62. The Hall–Kier alpha value is -1.47. The van der Waals surface area contributed by atoms with Crippen molar-refractivity contribution in [3.05, 3.63) is 29.6 Å². The summed E-state index contributed by atoms with van der Waals surface area (Å²) in [5.41, 5.74) is -0.488. The van der Waals surface area contributed by atoms with Gasteiger partial charge in [-0.25, -0.2) is 12.8 Å². The smallest absolute Gasteiger partial charge is 0.310 e. The lowest BCUT2D eigenvalue weighted by Crippen LogP contribution is -2.35. The molecule has 20 heavy (non-hydrogen) atoms. The molecule has 1 aromatic rings. The van der Waals surface area contributed by atoms with Gasteiger partial charge in [-0.3, -0.25) is 4.79 Å².